The topological polar surface area (TPSA) is 101 Å². The van der Waals surface area contributed by atoms with E-state index in [2.05, 4.69) is 15.2 Å². The van der Waals surface area contributed by atoms with Crippen LogP contribution in [0.1, 0.15) is 5.76 Å². The highest BCUT2D eigenvalue weighted by Crippen LogP contribution is 2.33. The van der Waals surface area contributed by atoms with Gasteiger partial charge in [-0.25, -0.2) is 8.42 Å². The number of benzene rings is 1. The number of nitrogens with zero attached hydrogens (tertiary/aromatic N) is 1. The average molecular weight is 325 g/mol. The normalized spacial score (nSPS) is 14.4. The number of nitrogens with one attached hydrogen (secondary N) is 2. The minimum atomic E-state index is -3.78. The number of carbonyl (C=O) groups excluding carboxylic acids is 1. The van der Waals surface area contributed by atoms with Gasteiger partial charge in [0.05, 0.1) is 16.3 Å². The molecule has 1 aliphatic rings. The molecule has 7 nitrogen and oxygen atoms in total. The largest absolute Gasteiger partial charge is 0.360 e. The molecule has 0 saturated heterocycles. The second-order valence-corrected chi connectivity index (χ2v) is 7.12. The van der Waals surface area contributed by atoms with Crippen molar-refractivity contribution >= 4 is 39.2 Å². The fourth-order valence-electron chi connectivity index (χ4n) is 1.84. The molecule has 0 radical (unpaired) electrons. The first-order valence-corrected chi connectivity index (χ1v) is 8.44. The van der Waals surface area contributed by atoms with Gasteiger partial charge in [-0.2, -0.15) is 0 Å². The molecule has 3 rings (SSSR count). The first-order valence-electron chi connectivity index (χ1n) is 5.97. The number of amides is 1. The van der Waals surface area contributed by atoms with Crippen LogP contribution in [-0.2, 0) is 14.8 Å². The van der Waals surface area contributed by atoms with Crippen LogP contribution in [0.3, 0.4) is 0 Å². The molecule has 1 amide bonds. The van der Waals surface area contributed by atoms with E-state index < -0.39 is 10.0 Å². The third-order valence-corrected chi connectivity index (χ3v) is 5.19. The molecule has 1 aromatic carbocycles. The lowest BCUT2D eigenvalue weighted by Gasteiger charge is -2.17. The van der Waals surface area contributed by atoms with Gasteiger partial charge in [-0.1, -0.05) is 5.16 Å². The molecular formula is C12H11N3O4S2. The van der Waals surface area contributed by atoms with Crippen LogP contribution in [0, 0.1) is 6.92 Å². The molecule has 0 bridgehead atoms. The van der Waals surface area contributed by atoms with E-state index in [0.717, 1.165) is 4.90 Å². The summed E-state index contributed by atoms with van der Waals surface area (Å²) in [6.45, 7) is 1.66. The van der Waals surface area contributed by atoms with Crippen LogP contribution in [-0.4, -0.2) is 25.2 Å². The Morgan fingerprint density at radius 2 is 2.19 bits per heavy atom. The van der Waals surface area contributed by atoms with Gasteiger partial charge in [0.2, 0.25) is 5.91 Å². The van der Waals surface area contributed by atoms with E-state index in [1.165, 1.54) is 30.0 Å². The molecule has 1 aromatic heterocycles. The number of anilines is 2. The summed E-state index contributed by atoms with van der Waals surface area (Å²) in [5, 5.41) is 6.24. The van der Waals surface area contributed by atoms with Gasteiger partial charge in [0.15, 0.2) is 5.82 Å². The second kappa shape index (κ2) is 5.08. The highest BCUT2D eigenvalue weighted by atomic mass is 32.2. The summed E-state index contributed by atoms with van der Waals surface area (Å²) in [4.78, 5) is 12.2. The highest BCUT2D eigenvalue weighted by molar-refractivity contribution is 8.00. The van der Waals surface area contributed by atoms with E-state index >= 15 is 0 Å². The van der Waals surface area contributed by atoms with E-state index in [1.807, 2.05) is 0 Å². The van der Waals surface area contributed by atoms with Crippen LogP contribution in [0.25, 0.3) is 0 Å². The Balaban J connectivity index is 1.92. The van der Waals surface area contributed by atoms with Crippen LogP contribution < -0.4 is 10.0 Å². The number of aryl methyl sites for hydroxylation is 1. The SMILES string of the molecule is Cc1cc(NS(=O)(=O)c2ccc3c(c2)NC(=O)CS3)no1. The monoisotopic (exact) mass is 325 g/mol. The summed E-state index contributed by atoms with van der Waals surface area (Å²) >= 11 is 1.37. The zero-order valence-corrected chi connectivity index (χ0v) is 12.5. The predicted octanol–water partition coefficient (Wildman–Crippen LogP) is 1.83. The Morgan fingerprint density at radius 3 is 2.90 bits per heavy atom. The standard InChI is InChI=1S/C12H11N3O4S2/c1-7-4-11(14-19-7)15-21(17,18)8-2-3-10-9(5-8)13-12(16)6-20-10/h2-5H,6H2,1H3,(H,13,16)(H,14,15). The number of hydrogen-bond donors (Lipinski definition) is 2. The lowest BCUT2D eigenvalue weighted by Crippen LogP contribution is -2.20. The fourth-order valence-corrected chi connectivity index (χ4v) is 3.64. The predicted molar refractivity (Wildman–Crippen MR) is 77.8 cm³/mol. The van der Waals surface area contributed by atoms with Crippen molar-refractivity contribution < 1.29 is 17.7 Å². The number of hydrogen-bond acceptors (Lipinski definition) is 6. The molecule has 1 aliphatic heterocycles. The van der Waals surface area contributed by atoms with Crippen LogP contribution in [0.15, 0.2) is 38.6 Å². The zero-order valence-electron chi connectivity index (χ0n) is 10.9. The zero-order chi connectivity index (χ0) is 15.0. The van der Waals surface area contributed by atoms with E-state index in [1.54, 1.807) is 13.0 Å². The van der Waals surface area contributed by atoms with Gasteiger partial charge in [-0.05, 0) is 25.1 Å². The van der Waals surface area contributed by atoms with E-state index in [-0.39, 0.29) is 16.6 Å². The summed E-state index contributed by atoms with van der Waals surface area (Å²) in [5.74, 6) is 0.794. The van der Waals surface area contributed by atoms with Gasteiger partial charge in [0, 0.05) is 11.0 Å². The van der Waals surface area contributed by atoms with Crippen LogP contribution in [0.5, 0.6) is 0 Å². The molecule has 0 fully saturated rings. The van der Waals surface area contributed by atoms with E-state index in [0.29, 0.717) is 17.2 Å². The van der Waals surface area contributed by atoms with Crippen LogP contribution in [0.2, 0.25) is 0 Å². The molecule has 110 valence electrons. The van der Waals surface area contributed by atoms with Crippen molar-refractivity contribution in [1.82, 2.24) is 5.16 Å². The van der Waals surface area contributed by atoms with Gasteiger partial charge in [0.25, 0.3) is 10.0 Å². The molecule has 0 unspecified atom stereocenters. The van der Waals surface area contributed by atoms with Gasteiger partial charge in [-0.15, -0.1) is 11.8 Å². The molecule has 0 atom stereocenters. The Kier molecular flexibility index (Phi) is 3.38. The summed E-state index contributed by atoms with van der Waals surface area (Å²) in [7, 11) is -3.78. The smallest absolute Gasteiger partial charge is 0.263 e. The van der Waals surface area contributed by atoms with E-state index in [9.17, 15) is 13.2 Å². The highest BCUT2D eigenvalue weighted by Gasteiger charge is 2.21. The van der Waals surface area contributed by atoms with Crippen molar-refractivity contribution in [1.29, 1.82) is 0 Å². The molecule has 2 aromatic rings. The maximum Gasteiger partial charge on any atom is 0.263 e. The molecule has 9 heteroatoms. The number of fused-ring (bicyclic) bond motifs is 1. The fraction of sp³-hybridized carbons (Fsp3) is 0.167. The molecule has 0 aliphatic carbocycles. The number of rotatable bonds is 3. The van der Waals surface area contributed by atoms with Crippen molar-refractivity contribution in [2.24, 2.45) is 0 Å². The van der Waals surface area contributed by atoms with Gasteiger partial charge < -0.3 is 9.84 Å². The Morgan fingerprint density at radius 1 is 1.38 bits per heavy atom. The molecule has 21 heavy (non-hydrogen) atoms. The summed E-state index contributed by atoms with van der Waals surface area (Å²) < 4.78 is 31.7. The maximum absolute atomic E-state index is 12.3. The van der Waals surface area contributed by atoms with E-state index in [4.69, 9.17) is 4.52 Å². The summed E-state index contributed by atoms with van der Waals surface area (Å²) in [6, 6.07) is 6.06. The summed E-state index contributed by atoms with van der Waals surface area (Å²) in [6.07, 6.45) is 0. The van der Waals surface area contributed by atoms with Crippen LogP contribution >= 0.6 is 11.8 Å². The van der Waals surface area contributed by atoms with Crippen molar-refractivity contribution in [3.05, 3.63) is 30.0 Å². The van der Waals surface area contributed by atoms with Crippen molar-refractivity contribution in [2.45, 2.75) is 16.7 Å². The minimum Gasteiger partial charge on any atom is -0.360 e. The molecule has 2 heterocycles. The maximum atomic E-state index is 12.3. The first kappa shape index (κ1) is 14.0. The quantitative estimate of drug-likeness (QED) is 0.893. The molecule has 2 N–H and O–H groups in total. The molecule has 0 spiro atoms. The number of thioether (sulfide) groups is 1. The number of aromatic nitrogens is 1. The van der Waals surface area contributed by atoms with Crippen molar-refractivity contribution in [3.63, 3.8) is 0 Å². The second-order valence-electron chi connectivity index (χ2n) is 4.42. The lowest BCUT2D eigenvalue weighted by molar-refractivity contribution is -0.113. The Hall–Kier alpha value is -2.00. The molecular weight excluding hydrogens is 314 g/mol. The van der Waals surface area contributed by atoms with Gasteiger partial charge in [-0.3, -0.25) is 9.52 Å². The lowest BCUT2D eigenvalue weighted by atomic mass is 10.3. The third-order valence-electron chi connectivity index (χ3n) is 2.76. The van der Waals surface area contributed by atoms with Gasteiger partial charge in [0.1, 0.15) is 5.76 Å². The van der Waals surface area contributed by atoms with Gasteiger partial charge >= 0.3 is 0 Å². The first-order chi connectivity index (χ1) is 9.94. The third kappa shape index (κ3) is 2.88. The Labute approximate surface area is 125 Å². The number of sulfonamides is 1. The van der Waals surface area contributed by atoms with Crippen LogP contribution in [0.4, 0.5) is 11.5 Å². The van der Waals surface area contributed by atoms with Crippen molar-refractivity contribution in [2.75, 3.05) is 15.8 Å². The van der Waals surface area contributed by atoms with Crippen molar-refractivity contribution in [3.8, 4) is 0 Å². The Bertz CT molecular complexity index is 814. The number of carbonyl (C=O) groups is 1. The molecule has 0 saturated carbocycles. The average Bonchev–Trinajstić information content (AvgIpc) is 2.82. The summed E-state index contributed by atoms with van der Waals surface area (Å²) in [5.41, 5.74) is 0.496. The minimum absolute atomic E-state index is 0.0460.